The predicted octanol–water partition coefficient (Wildman–Crippen LogP) is 12.5. The maximum absolute atomic E-state index is 10.6. The van der Waals surface area contributed by atoms with Crippen LogP contribution in [0.3, 0.4) is 0 Å². The van der Waals surface area contributed by atoms with E-state index in [1.807, 2.05) is 6.08 Å². The summed E-state index contributed by atoms with van der Waals surface area (Å²) >= 11 is 0. The lowest BCUT2D eigenvalue weighted by atomic mass is 9.61. The minimum Gasteiger partial charge on any atom is -0.413 e. The van der Waals surface area contributed by atoms with Gasteiger partial charge in [0.05, 0.1) is 17.8 Å². The molecule has 0 radical (unpaired) electrons. The smallest absolute Gasteiger partial charge is 0.192 e. The van der Waals surface area contributed by atoms with Crippen LogP contribution in [0.4, 0.5) is 0 Å². The zero-order valence-corrected chi connectivity index (χ0v) is 35.2. The van der Waals surface area contributed by atoms with Crippen molar-refractivity contribution in [3.8, 4) is 0 Å². The van der Waals surface area contributed by atoms with E-state index in [0.717, 1.165) is 25.7 Å². The van der Waals surface area contributed by atoms with Crippen LogP contribution < -0.4 is 0 Å². The topological polar surface area (TPSA) is 38.7 Å². The van der Waals surface area contributed by atoms with E-state index in [1.54, 1.807) is 5.57 Å². The molecule has 268 valence electrons. The minimum absolute atomic E-state index is 0.0175. The van der Waals surface area contributed by atoms with Crippen LogP contribution in [0.15, 0.2) is 59.8 Å². The van der Waals surface area contributed by atoms with Gasteiger partial charge in [-0.1, -0.05) is 118 Å². The highest BCUT2D eigenvalue weighted by molar-refractivity contribution is 6.74. The Morgan fingerprint density at radius 3 is 2.11 bits per heavy atom. The molecule has 0 unspecified atom stereocenters. The Morgan fingerprint density at radius 2 is 1.53 bits per heavy atom. The van der Waals surface area contributed by atoms with Crippen LogP contribution in [0.5, 0.6) is 0 Å². The molecule has 0 aromatic rings. The highest BCUT2D eigenvalue weighted by Gasteiger charge is 2.50. The third-order valence-corrected chi connectivity index (χ3v) is 22.6. The lowest BCUT2D eigenvalue weighted by Gasteiger charge is -2.45. The fourth-order valence-corrected chi connectivity index (χ4v) is 10.7. The van der Waals surface area contributed by atoms with Crippen LogP contribution in [0.1, 0.15) is 127 Å². The van der Waals surface area contributed by atoms with Gasteiger partial charge in [0.1, 0.15) is 0 Å². The van der Waals surface area contributed by atoms with Crippen molar-refractivity contribution in [3.05, 3.63) is 59.8 Å². The van der Waals surface area contributed by atoms with Gasteiger partial charge >= 0.3 is 0 Å². The summed E-state index contributed by atoms with van der Waals surface area (Å²) in [6.45, 7) is 37.3. The summed E-state index contributed by atoms with van der Waals surface area (Å²) in [6, 6.07) is 0. The Morgan fingerprint density at radius 1 is 0.936 bits per heavy atom. The molecule has 1 N–H and O–H groups in total. The summed E-state index contributed by atoms with van der Waals surface area (Å²) in [5.74, 6) is 1.84. The number of hydrogen-bond acceptors (Lipinski definition) is 3. The van der Waals surface area contributed by atoms with Crippen molar-refractivity contribution in [2.24, 2.45) is 23.2 Å². The number of allylic oxidation sites excluding steroid dienone is 6. The summed E-state index contributed by atoms with van der Waals surface area (Å²) in [5.41, 5.74) is 3.79. The number of aliphatic hydroxyl groups is 1. The van der Waals surface area contributed by atoms with Gasteiger partial charge in [0.2, 0.25) is 0 Å². The predicted molar refractivity (Wildman–Crippen MR) is 210 cm³/mol. The molecule has 6 atom stereocenters. The average Bonchev–Trinajstić information content (AvgIpc) is 3.32. The van der Waals surface area contributed by atoms with Gasteiger partial charge in [0.25, 0.3) is 0 Å². The standard InChI is InChI=1S/C42H74O3Si2/c1-16-42(43,17-2)28-19-18-21-31(3)36-25-26-37-33(22-20-27-41(36,37)11)23-24-34-29-35(44-46(12,13)39(5,6)7)30-38(32(34)4)45-47(14,15)40(8,9)10/h18-19,21,23-24,28,31,35-38,43H,4,16-17,20,22,25-27,29-30H2,1-3,5-15H3/b21-18+,28-19+,33-23+,34-24-/t31-,35+,36+,37-,38-,41+/m0/s1. The van der Waals surface area contributed by atoms with E-state index in [2.05, 4.69) is 126 Å². The molecule has 0 spiro atoms. The second-order valence-electron chi connectivity index (χ2n) is 18.8. The van der Waals surface area contributed by atoms with E-state index >= 15 is 0 Å². The summed E-state index contributed by atoms with van der Waals surface area (Å²) in [6.07, 6.45) is 23.4. The van der Waals surface area contributed by atoms with Crippen molar-refractivity contribution in [1.82, 2.24) is 0 Å². The molecular weight excluding hydrogens is 609 g/mol. The second-order valence-corrected chi connectivity index (χ2v) is 28.3. The molecule has 0 heterocycles. The Hall–Kier alpha value is -0.986. The van der Waals surface area contributed by atoms with Gasteiger partial charge in [-0.25, -0.2) is 0 Å². The Bertz CT molecular complexity index is 1200. The third kappa shape index (κ3) is 9.42. The number of fused-ring (bicyclic) bond motifs is 1. The van der Waals surface area contributed by atoms with Crippen molar-refractivity contribution >= 4 is 16.6 Å². The molecule has 47 heavy (non-hydrogen) atoms. The van der Waals surface area contributed by atoms with Gasteiger partial charge < -0.3 is 14.0 Å². The fourth-order valence-electron chi connectivity index (χ4n) is 8.00. The lowest BCUT2D eigenvalue weighted by Crippen LogP contribution is -2.49. The molecule has 0 saturated heterocycles. The number of rotatable bonds is 11. The summed E-state index contributed by atoms with van der Waals surface area (Å²) in [7, 11) is -3.92. The fraction of sp³-hybridized carbons (Fsp3) is 0.762. The van der Waals surface area contributed by atoms with E-state index in [9.17, 15) is 5.11 Å². The molecule has 3 rings (SSSR count). The van der Waals surface area contributed by atoms with Crippen LogP contribution in [0, 0.1) is 23.2 Å². The Labute approximate surface area is 293 Å². The highest BCUT2D eigenvalue weighted by Crippen LogP contribution is 2.59. The molecule has 3 saturated carbocycles. The van der Waals surface area contributed by atoms with Crippen LogP contribution in [-0.2, 0) is 8.85 Å². The van der Waals surface area contributed by atoms with Crippen molar-refractivity contribution < 1.29 is 14.0 Å². The van der Waals surface area contributed by atoms with E-state index in [1.165, 1.54) is 43.3 Å². The zero-order valence-electron chi connectivity index (χ0n) is 33.2. The van der Waals surface area contributed by atoms with Gasteiger partial charge in [0.15, 0.2) is 16.6 Å². The summed E-state index contributed by atoms with van der Waals surface area (Å²) in [4.78, 5) is 0. The molecule has 3 nitrogen and oxygen atoms in total. The van der Waals surface area contributed by atoms with Gasteiger partial charge in [-0.2, -0.15) is 0 Å². The molecule has 0 bridgehead atoms. The minimum atomic E-state index is -1.99. The van der Waals surface area contributed by atoms with Crippen LogP contribution in [0.25, 0.3) is 0 Å². The largest absolute Gasteiger partial charge is 0.413 e. The first-order valence-electron chi connectivity index (χ1n) is 19.0. The Balaban J connectivity index is 1.87. The van der Waals surface area contributed by atoms with Crippen LogP contribution in [0.2, 0.25) is 36.3 Å². The first-order valence-corrected chi connectivity index (χ1v) is 24.8. The molecule has 3 aliphatic rings. The van der Waals surface area contributed by atoms with Gasteiger partial charge in [-0.15, -0.1) is 0 Å². The number of hydrogen-bond donors (Lipinski definition) is 1. The molecule has 0 aromatic carbocycles. The monoisotopic (exact) mass is 683 g/mol. The van der Waals surface area contributed by atoms with Crippen molar-refractivity contribution in [2.45, 2.75) is 181 Å². The first-order chi connectivity index (χ1) is 21.5. The molecule has 0 aromatic heterocycles. The molecule has 0 amide bonds. The van der Waals surface area contributed by atoms with Gasteiger partial charge in [-0.3, -0.25) is 0 Å². The third-order valence-electron chi connectivity index (χ3n) is 13.6. The lowest BCUT2D eigenvalue weighted by molar-refractivity contribution is 0.0828. The van der Waals surface area contributed by atoms with Crippen LogP contribution in [-0.4, -0.2) is 39.6 Å². The maximum atomic E-state index is 10.6. The highest BCUT2D eigenvalue weighted by atomic mass is 28.4. The first kappa shape index (κ1) is 40.4. The second kappa shape index (κ2) is 15.1. The average molecular weight is 683 g/mol. The van der Waals surface area contributed by atoms with E-state index in [-0.39, 0.29) is 22.3 Å². The normalized spacial score (nSPS) is 31.0. The molecule has 5 heteroatoms. The van der Waals surface area contributed by atoms with Gasteiger partial charge in [0, 0.05) is 6.42 Å². The summed E-state index contributed by atoms with van der Waals surface area (Å²) < 4.78 is 14.2. The molecular formula is C42H74O3Si2. The zero-order chi connectivity index (χ0) is 35.6. The van der Waals surface area contributed by atoms with Crippen molar-refractivity contribution in [2.75, 3.05) is 0 Å². The van der Waals surface area contributed by atoms with Crippen LogP contribution >= 0.6 is 0 Å². The maximum Gasteiger partial charge on any atom is 0.192 e. The van der Waals surface area contributed by atoms with Gasteiger partial charge in [-0.05, 0) is 122 Å². The van der Waals surface area contributed by atoms with E-state index in [0.29, 0.717) is 23.2 Å². The quantitative estimate of drug-likeness (QED) is 0.174. The Kier molecular flexibility index (Phi) is 13.0. The summed E-state index contributed by atoms with van der Waals surface area (Å²) in [5, 5.41) is 11.0. The van der Waals surface area contributed by atoms with E-state index < -0.39 is 22.2 Å². The van der Waals surface area contributed by atoms with Crippen molar-refractivity contribution in [1.29, 1.82) is 0 Å². The molecule has 0 aliphatic heterocycles. The molecule has 3 fully saturated rings. The SMILES string of the molecule is C=C1/C(=C\C=C2/CCC[C@]3(C)[C@@H]([C@@H](C)/C=C/C=C/C(O)(CC)CC)CC[C@@H]23)C[C@@H](O[Si](C)(C)C(C)(C)C)C[C@@H]1O[Si](C)(C)C(C)(C)C. The molecule has 3 aliphatic carbocycles. The van der Waals surface area contributed by atoms with Crippen molar-refractivity contribution in [3.63, 3.8) is 0 Å². The van der Waals surface area contributed by atoms with E-state index in [4.69, 9.17) is 15.4 Å².